The first-order valence-corrected chi connectivity index (χ1v) is 6.60. The summed E-state index contributed by atoms with van der Waals surface area (Å²) in [5, 5.41) is 3.53. The molecule has 18 heavy (non-hydrogen) atoms. The molecular formula is C14H19N3O. The van der Waals surface area contributed by atoms with E-state index in [-0.39, 0.29) is 5.69 Å². The number of hydrogen-bond acceptors (Lipinski definition) is 2. The molecule has 1 aromatic heterocycles. The number of rotatable bonds is 3. The highest BCUT2D eigenvalue weighted by atomic mass is 16.1. The third-order valence-electron chi connectivity index (χ3n) is 4.00. The summed E-state index contributed by atoms with van der Waals surface area (Å²) < 4.78 is 0. The Morgan fingerprint density at radius 1 is 1.22 bits per heavy atom. The van der Waals surface area contributed by atoms with Gasteiger partial charge in [-0.25, -0.2) is 4.79 Å². The summed E-state index contributed by atoms with van der Waals surface area (Å²) in [5.74, 6) is 1.64. The molecule has 0 radical (unpaired) electrons. The minimum absolute atomic E-state index is 0.148. The van der Waals surface area contributed by atoms with Crippen molar-refractivity contribution in [2.45, 2.75) is 32.7 Å². The molecule has 0 saturated heterocycles. The molecule has 96 valence electrons. The Kier molecular flexibility index (Phi) is 2.65. The molecule has 0 bridgehead atoms. The highest BCUT2D eigenvalue weighted by molar-refractivity contribution is 5.78. The van der Waals surface area contributed by atoms with Gasteiger partial charge in [-0.3, -0.25) is 0 Å². The standard InChI is InChI=1S/C14H19N3O/c1-8(2)9-5-11(6-9)15-10-3-4-12-13(7-10)17-14(18)16-12/h3-4,7-9,11,15H,5-6H2,1-2H3,(H2,16,17,18). The molecule has 1 saturated carbocycles. The molecule has 0 atom stereocenters. The minimum Gasteiger partial charge on any atom is -0.382 e. The SMILES string of the molecule is CC(C)C1CC(Nc2ccc3[nH]c(=O)[nH]c3c2)C1. The minimum atomic E-state index is -0.148. The Morgan fingerprint density at radius 3 is 2.67 bits per heavy atom. The first-order valence-electron chi connectivity index (χ1n) is 6.60. The van der Waals surface area contributed by atoms with Gasteiger partial charge in [0.2, 0.25) is 0 Å². The predicted octanol–water partition coefficient (Wildman–Crippen LogP) is 2.70. The van der Waals surface area contributed by atoms with E-state index in [1.807, 2.05) is 18.2 Å². The van der Waals surface area contributed by atoms with Gasteiger partial charge in [0.25, 0.3) is 0 Å². The lowest BCUT2D eigenvalue weighted by Gasteiger charge is -2.39. The van der Waals surface area contributed by atoms with Crippen molar-refractivity contribution >= 4 is 16.7 Å². The number of hydrogen-bond donors (Lipinski definition) is 3. The molecule has 0 unspecified atom stereocenters. The van der Waals surface area contributed by atoms with Crippen molar-refractivity contribution in [1.29, 1.82) is 0 Å². The maximum absolute atomic E-state index is 11.2. The van der Waals surface area contributed by atoms with Crippen LogP contribution in [0.1, 0.15) is 26.7 Å². The van der Waals surface area contributed by atoms with Gasteiger partial charge in [0, 0.05) is 11.7 Å². The summed E-state index contributed by atoms with van der Waals surface area (Å²) in [5.41, 5.74) is 2.67. The Hall–Kier alpha value is -1.71. The normalized spacial score (nSPS) is 23.3. The van der Waals surface area contributed by atoms with E-state index in [1.54, 1.807) is 0 Å². The van der Waals surface area contributed by atoms with Gasteiger partial charge in [0.1, 0.15) is 0 Å². The number of imidazole rings is 1. The van der Waals surface area contributed by atoms with E-state index < -0.39 is 0 Å². The average Bonchev–Trinajstić information content (AvgIpc) is 2.61. The topological polar surface area (TPSA) is 60.7 Å². The van der Waals surface area contributed by atoms with Crippen molar-refractivity contribution in [2.24, 2.45) is 11.8 Å². The summed E-state index contributed by atoms with van der Waals surface area (Å²) in [6, 6.07) is 6.54. The summed E-state index contributed by atoms with van der Waals surface area (Å²) in [7, 11) is 0. The van der Waals surface area contributed by atoms with Crippen LogP contribution < -0.4 is 11.0 Å². The lowest BCUT2D eigenvalue weighted by molar-refractivity contribution is 0.212. The van der Waals surface area contributed by atoms with Crippen molar-refractivity contribution in [3.05, 3.63) is 28.7 Å². The van der Waals surface area contributed by atoms with Crippen LogP contribution in [-0.4, -0.2) is 16.0 Å². The van der Waals surface area contributed by atoms with E-state index >= 15 is 0 Å². The second-order valence-corrected chi connectivity index (χ2v) is 5.66. The summed E-state index contributed by atoms with van der Waals surface area (Å²) in [6.45, 7) is 4.58. The number of aromatic amines is 2. The average molecular weight is 245 g/mol. The molecule has 4 heteroatoms. The van der Waals surface area contributed by atoms with Crippen LogP contribution >= 0.6 is 0 Å². The highest BCUT2D eigenvalue weighted by Crippen LogP contribution is 2.35. The Morgan fingerprint density at radius 2 is 1.94 bits per heavy atom. The fourth-order valence-corrected chi connectivity index (χ4v) is 2.68. The molecule has 4 nitrogen and oxygen atoms in total. The van der Waals surface area contributed by atoms with Crippen molar-refractivity contribution in [3.8, 4) is 0 Å². The number of anilines is 1. The highest BCUT2D eigenvalue weighted by Gasteiger charge is 2.30. The zero-order valence-corrected chi connectivity index (χ0v) is 10.8. The monoisotopic (exact) mass is 245 g/mol. The van der Waals surface area contributed by atoms with Gasteiger partial charge in [0.05, 0.1) is 11.0 Å². The quantitative estimate of drug-likeness (QED) is 0.778. The van der Waals surface area contributed by atoms with Crippen molar-refractivity contribution in [3.63, 3.8) is 0 Å². The molecule has 1 aromatic carbocycles. The van der Waals surface area contributed by atoms with Gasteiger partial charge in [-0.15, -0.1) is 0 Å². The molecule has 1 fully saturated rings. The predicted molar refractivity (Wildman–Crippen MR) is 73.9 cm³/mol. The van der Waals surface area contributed by atoms with Crippen LogP contribution in [0.25, 0.3) is 11.0 Å². The van der Waals surface area contributed by atoms with Crippen LogP contribution in [0.5, 0.6) is 0 Å². The fraction of sp³-hybridized carbons (Fsp3) is 0.500. The summed E-state index contributed by atoms with van der Waals surface area (Å²) in [4.78, 5) is 16.7. The maximum Gasteiger partial charge on any atom is 0.323 e. The molecular weight excluding hydrogens is 226 g/mol. The van der Waals surface area contributed by atoms with Crippen LogP contribution in [0, 0.1) is 11.8 Å². The second-order valence-electron chi connectivity index (χ2n) is 5.66. The van der Waals surface area contributed by atoms with E-state index in [4.69, 9.17) is 0 Å². The van der Waals surface area contributed by atoms with Crippen LogP contribution in [0.15, 0.2) is 23.0 Å². The van der Waals surface area contributed by atoms with Crippen LogP contribution in [0.2, 0.25) is 0 Å². The third-order valence-corrected chi connectivity index (χ3v) is 4.00. The molecule has 1 aliphatic rings. The zero-order valence-electron chi connectivity index (χ0n) is 10.8. The molecule has 0 spiro atoms. The fourth-order valence-electron chi connectivity index (χ4n) is 2.68. The number of fused-ring (bicyclic) bond motifs is 1. The van der Waals surface area contributed by atoms with Crippen LogP contribution in [-0.2, 0) is 0 Å². The smallest absolute Gasteiger partial charge is 0.323 e. The Labute approximate surface area is 106 Å². The van der Waals surface area contributed by atoms with Crippen LogP contribution in [0.3, 0.4) is 0 Å². The van der Waals surface area contributed by atoms with Crippen molar-refractivity contribution < 1.29 is 0 Å². The van der Waals surface area contributed by atoms with E-state index in [1.165, 1.54) is 12.8 Å². The number of H-pyrrole nitrogens is 2. The van der Waals surface area contributed by atoms with Crippen LogP contribution in [0.4, 0.5) is 5.69 Å². The molecule has 3 rings (SSSR count). The second kappa shape index (κ2) is 4.19. The molecule has 1 aliphatic carbocycles. The van der Waals surface area contributed by atoms with Gasteiger partial charge < -0.3 is 15.3 Å². The number of benzene rings is 1. The number of aromatic nitrogens is 2. The van der Waals surface area contributed by atoms with Gasteiger partial charge >= 0.3 is 5.69 Å². The van der Waals surface area contributed by atoms with E-state index in [9.17, 15) is 4.79 Å². The van der Waals surface area contributed by atoms with E-state index in [0.29, 0.717) is 6.04 Å². The lowest BCUT2D eigenvalue weighted by Crippen LogP contribution is -2.37. The maximum atomic E-state index is 11.2. The lowest BCUT2D eigenvalue weighted by atomic mass is 9.73. The van der Waals surface area contributed by atoms with Crippen molar-refractivity contribution in [1.82, 2.24) is 9.97 Å². The summed E-state index contributed by atoms with van der Waals surface area (Å²) in [6.07, 6.45) is 2.50. The van der Waals surface area contributed by atoms with Gasteiger partial charge in [0.15, 0.2) is 0 Å². The third kappa shape index (κ3) is 2.03. The first kappa shape index (κ1) is 11.4. The van der Waals surface area contributed by atoms with Gasteiger partial charge in [-0.05, 0) is 42.9 Å². The van der Waals surface area contributed by atoms with Crippen molar-refractivity contribution in [2.75, 3.05) is 5.32 Å². The molecule has 0 aliphatic heterocycles. The molecule has 0 amide bonds. The van der Waals surface area contributed by atoms with E-state index in [0.717, 1.165) is 28.6 Å². The van der Waals surface area contributed by atoms with Gasteiger partial charge in [-0.1, -0.05) is 13.8 Å². The molecule has 1 heterocycles. The van der Waals surface area contributed by atoms with Gasteiger partial charge in [-0.2, -0.15) is 0 Å². The zero-order chi connectivity index (χ0) is 12.7. The Bertz CT molecular complexity index is 605. The molecule has 2 aromatic rings. The first-order chi connectivity index (χ1) is 8.61. The summed E-state index contributed by atoms with van der Waals surface area (Å²) >= 11 is 0. The Balaban J connectivity index is 1.70. The van der Waals surface area contributed by atoms with E-state index in [2.05, 4.69) is 29.1 Å². The largest absolute Gasteiger partial charge is 0.382 e. The molecule has 3 N–H and O–H groups in total. The number of nitrogens with one attached hydrogen (secondary N) is 3.